The van der Waals surface area contributed by atoms with Crippen molar-refractivity contribution in [3.63, 3.8) is 0 Å². The molecule has 58 valence electrons. The molecule has 3 N–H and O–H groups in total. The Labute approximate surface area is 67.3 Å². The van der Waals surface area contributed by atoms with E-state index in [1.807, 2.05) is 0 Å². The van der Waals surface area contributed by atoms with E-state index in [1.54, 1.807) is 6.66 Å². The second kappa shape index (κ2) is 5.63. The van der Waals surface area contributed by atoms with Crippen molar-refractivity contribution in [2.24, 2.45) is 5.73 Å². The number of nitrogens with two attached hydrogens (primary N) is 1. The molecule has 0 aromatic heterocycles. The molecule has 0 saturated heterocycles. The Hall–Kier alpha value is 0.860. The average molecular weight is 190 g/mol. The fourth-order valence-electron chi connectivity index (χ4n) is 0.385. The third-order valence-corrected chi connectivity index (χ3v) is 2.47. The Morgan fingerprint density at radius 1 is 1.67 bits per heavy atom. The summed E-state index contributed by atoms with van der Waals surface area (Å²) in [4.78, 5) is 9.02. The summed E-state index contributed by atoms with van der Waals surface area (Å²) in [6.45, 7) is 2.35. The molecule has 0 rings (SSSR count). The van der Waals surface area contributed by atoms with Gasteiger partial charge in [-0.2, -0.15) is 0 Å². The lowest BCUT2D eigenvalue weighted by molar-refractivity contribution is 0.624. The van der Waals surface area contributed by atoms with Crippen molar-refractivity contribution in [3.8, 4) is 0 Å². The highest BCUT2D eigenvalue weighted by Gasteiger charge is 2.00. The Morgan fingerprint density at radius 3 is 2.22 bits per heavy atom. The average Bonchev–Trinajstić information content (AvgIpc) is 1.59. The summed E-state index contributed by atoms with van der Waals surface area (Å²) in [5.41, 5.74) is 5.20. The van der Waals surface area contributed by atoms with Crippen LogP contribution in [-0.2, 0) is 11.8 Å². The van der Waals surface area contributed by atoms with Crippen LogP contribution in [0.3, 0.4) is 0 Å². The molecule has 0 fully saturated rings. The fraction of sp³-hybridized carbons (Fsp3) is 1.00. The molecule has 0 heterocycles. The molecule has 0 aromatic rings. The molecule has 0 radical (unpaired) electrons. The van der Waals surface area contributed by atoms with Crippen LogP contribution in [0.15, 0.2) is 0 Å². The summed E-state index contributed by atoms with van der Waals surface area (Å²) in [5, 5.41) is 0. The topological polar surface area (TPSA) is 46.2 Å². The molecule has 1 unspecified atom stereocenters. The van der Waals surface area contributed by atoms with Crippen LogP contribution in [0.5, 0.6) is 0 Å². The third kappa shape index (κ3) is 12.1. The Kier molecular flexibility index (Phi) is 7.84. The van der Waals surface area contributed by atoms with Gasteiger partial charge in [0.05, 0.1) is 6.26 Å². The molecule has 0 aromatic carbocycles. The lowest BCUT2D eigenvalue weighted by Crippen LogP contribution is -2.01. The van der Waals surface area contributed by atoms with Gasteiger partial charge in [-0.25, -0.2) is 0 Å². The fourth-order valence-corrected chi connectivity index (χ4v) is 1.54. The largest absolute Gasteiger partial charge is 0.365 e. The van der Waals surface area contributed by atoms with Gasteiger partial charge in [-0.1, -0.05) is 11.8 Å². The van der Waals surface area contributed by atoms with E-state index in [4.69, 9.17) is 22.4 Å². The van der Waals surface area contributed by atoms with Gasteiger partial charge in [-0.3, -0.25) is 0 Å². The molecule has 0 saturated carbocycles. The molecule has 9 heavy (non-hydrogen) atoms. The lowest BCUT2D eigenvalue weighted by Gasteiger charge is -2.05. The first-order chi connectivity index (χ1) is 3.56. The van der Waals surface area contributed by atoms with Gasteiger partial charge in [0.2, 0.25) is 0 Å². The van der Waals surface area contributed by atoms with Gasteiger partial charge in [0, 0.05) is 0 Å². The van der Waals surface area contributed by atoms with E-state index < -0.39 is 6.26 Å². The first kappa shape index (κ1) is 12.5. The van der Waals surface area contributed by atoms with Crippen LogP contribution in [0.2, 0.25) is 0 Å². The molecule has 5 heteroatoms. The summed E-state index contributed by atoms with van der Waals surface area (Å²) >= 11 is 4.76. The van der Waals surface area contributed by atoms with Crippen LogP contribution in [0.25, 0.3) is 0 Å². The predicted octanol–water partition coefficient (Wildman–Crippen LogP) is 0.774. The molecule has 0 bridgehead atoms. The van der Waals surface area contributed by atoms with E-state index in [0.29, 0.717) is 6.54 Å². The van der Waals surface area contributed by atoms with Crippen LogP contribution in [0.4, 0.5) is 0 Å². The van der Waals surface area contributed by atoms with Crippen molar-refractivity contribution < 1.29 is 4.89 Å². The van der Waals surface area contributed by atoms with Crippen molar-refractivity contribution in [1.29, 1.82) is 0 Å². The highest BCUT2D eigenvalue weighted by Crippen LogP contribution is 2.35. The quantitative estimate of drug-likeness (QED) is 0.645. The van der Waals surface area contributed by atoms with E-state index in [1.165, 1.54) is 0 Å². The monoisotopic (exact) mass is 189 g/mol. The molecular formula is C4H13ClNOPS. The maximum Gasteiger partial charge on any atom is 0.0608 e. The minimum Gasteiger partial charge on any atom is -0.365 e. The normalized spacial score (nSPS) is 15.9. The standard InChI is InChI=1S/C4H12NOPS.ClH/c1-7(6,8)4-2-3-5;/h2-5H2,1H3,(H,6,8);1H. The molecule has 2 nitrogen and oxygen atoms in total. The summed E-state index contributed by atoms with van der Waals surface area (Å²) in [7, 11) is 0. The Bertz CT molecular complexity index is 105. The Morgan fingerprint density at radius 2 is 2.11 bits per heavy atom. The van der Waals surface area contributed by atoms with Crippen LogP contribution in [0, 0.1) is 0 Å². The van der Waals surface area contributed by atoms with Crippen LogP contribution in [0.1, 0.15) is 6.42 Å². The Balaban J connectivity index is 0. The molecule has 0 aliphatic rings. The van der Waals surface area contributed by atoms with Crippen molar-refractivity contribution in [3.05, 3.63) is 0 Å². The first-order valence-electron chi connectivity index (χ1n) is 2.55. The zero-order valence-corrected chi connectivity index (χ0v) is 7.94. The first-order valence-corrected chi connectivity index (χ1v) is 5.94. The maximum atomic E-state index is 9.02. The second-order valence-corrected chi connectivity index (χ2v) is 6.83. The SMILES string of the molecule is CP(O)(=S)CCCN.Cl. The molecular weight excluding hydrogens is 177 g/mol. The molecule has 0 aliphatic carbocycles. The highest BCUT2D eigenvalue weighted by molar-refractivity contribution is 8.11. The number of hydrogen-bond acceptors (Lipinski definition) is 2. The van der Waals surface area contributed by atoms with Crippen molar-refractivity contribution >= 4 is 30.5 Å². The molecule has 0 spiro atoms. The van der Waals surface area contributed by atoms with Crippen LogP contribution >= 0.6 is 18.7 Å². The molecule has 0 amide bonds. The zero-order valence-electron chi connectivity index (χ0n) is 5.41. The number of halogens is 1. The summed E-state index contributed by atoms with van der Waals surface area (Å²) < 4.78 is 0. The van der Waals surface area contributed by atoms with Crippen molar-refractivity contribution in [2.75, 3.05) is 19.4 Å². The van der Waals surface area contributed by atoms with Crippen molar-refractivity contribution in [2.45, 2.75) is 6.42 Å². The maximum absolute atomic E-state index is 9.02. The van der Waals surface area contributed by atoms with Crippen molar-refractivity contribution in [1.82, 2.24) is 0 Å². The molecule has 0 aliphatic heterocycles. The lowest BCUT2D eigenvalue weighted by atomic mass is 10.5. The predicted molar refractivity (Wildman–Crippen MR) is 48.2 cm³/mol. The minimum atomic E-state index is -1.93. The molecule has 1 atom stereocenters. The van der Waals surface area contributed by atoms with Gasteiger partial charge >= 0.3 is 0 Å². The van der Waals surface area contributed by atoms with Gasteiger partial charge < -0.3 is 10.6 Å². The van der Waals surface area contributed by atoms with Crippen LogP contribution < -0.4 is 5.73 Å². The summed E-state index contributed by atoms with van der Waals surface area (Å²) in [6.07, 6.45) is -0.356. The van der Waals surface area contributed by atoms with Gasteiger partial charge in [0.1, 0.15) is 0 Å². The summed E-state index contributed by atoms with van der Waals surface area (Å²) in [6, 6.07) is 0. The number of hydrogen-bond donors (Lipinski definition) is 2. The summed E-state index contributed by atoms with van der Waals surface area (Å²) in [5.74, 6) is 0. The number of rotatable bonds is 3. The van der Waals surface area contributed by atoms with E-state index in [9.17, 15) is 0 Å². The van der Waals surface area contributed by atoms with Gasteiger partial charge in [0.25, 0.3) is 0 Å². The smallest absolute Gasteiger partial charge is 0.0608 e. The van der Waals surface area contributed by atoms with Crippen LogP contribution in [-0.4, -0.2) is 24.3 Å². The van der Waals surface area contributed by atoms with Gasteiger partial charge in [-0.05, 0) is 25.8 Å². The third-order valence-electron chi connectivity index (χ3n) is 0.777. The van der Waals surface area contributed by atoms with E-state index in [-0.39, 0.29) is 12.4 Å². The van der Waals surface area contributed by atoms with E-state index >= 15 is 0 Å². The minimum absolute atomic E-state index is 0. The zero-order chi connectivity index (χ0) is 6.62. The van der Waals surface area contributed by atoms with E-state index in [0.717, 1.165) is 12.6 Å². The van der Waals surface area contributed by atoms with Gasteiger partial charge in [0.15, 0.2) is 0 Å². The van der Waals surface area contributed by atoms with Gasteiger partial charge in [-0.15, -0.1) is 12.4 Å². The second-order valence-electron chi connectivity index (χ2n) is 1.92. The highest BCUT2D eigenvalue weighted by atomic mass is 35.5. The van der Waals surface area contributed by atoms with E-state index in [2.05, 4.69) is 0 Å².